The van der Waals surface area contributed by atoms with Crippen LogP contribution in [0.3, 0.4) is 0 Å². The molecule has 4 rings (SSSR count). The minimum atomic E-state index is -0.644. The average Bonchev–Trinajstić information content (AvgIpc) is 2.93. The number of nitrogens with two attached hydrogens (primary N) is 1. The lowest BCUT2D eigenvalue weighted by Crippen LogP contribution is -2.13. The van der Waals surface area contributed by atoms with E-state index in [4.69, 9.17) is 5.73 Å². The van der Waals surface area contributed by atoms with Gasteiger partial charge in [-0.3, -0.25) is 4.79 Å². The molecule has 5 heteroatoms. The molecule has 0 aliphatic heterocycles. The molecule has 2 heterocycles. The molecule has 2 aromatic heterocycles. The highest BCUT2D eigenvalue weighted by Gasteiger charge is 2.17. The van der Waals surface area contributed by atoms with Gasteiger partial charge in [-0.15, -0.1) is 0 Å². The van der Waals surface area contributed by atoms with Gasteiger partial charge in [0.2, 0.25) is 0 Å². The molecule has 0 aliphatic rings. The lowest BCUT2D eigenvalue weighted by Gasteiger charge is -2.06. The van der Waals surface area contributed by atoms with Crippen LogP contribution in [0.15, 0.2) is 54.6 Å². The predicted molar refractivity (Wildman–Crippen MR) is 87.5 cm³/mol. The first-order valence-corrected chi connectivity index (χ1v) is 7.11. The molecule has 0 atom stereocenters. The van der Waals surface area contributed by atoms with E-state index in [0.29, 0.717) is 16.8 Å². The maximum absolute atomic E-state index is 14.2. The standard InChI is InChI=1S/C18H12FN3O/c19-13-7-3-1-6-11(13)16-17-12(9-15(22-16)18(20)23)10-5-2-4-8-14(10)21-17/h1-9,21H,(H2,20,23). The largest absolute Gasteiger partial charge is 0.364 e. The highest BCUT2D eigenvalue weighted by Crippen LogP contribution is 2.33. The zero-order chi connectivity index (χ0) is 16.0. The molecule has 0 radical (unpaired) electrons. The molecule has 0 saturated carbocycles. The van der Waals surface area contributed by atoms with Crippen LogP contribution in [0, 0.1) is 5.82 Å². The van der Waals surface area contributed by atoms with Gasteiger partial charge in [0.05, 0.1) is 11.2 Å². The molecular weight excluding hydrogens is 293 g/mol. The normalized spacial score (nSPS) is 11.2. The lowest BCUT2D eigenvalue weighted by molar-refractivity contribution is 0.0996. The molecule has 0 unspecified atom stereocenters. The van der Waals surface area contributed by atoms with E-state index in [-0.39, 0.29) is 5.69 Å². The molecule has 4 aromatic rings. The summed E-state index contributed by atoms with van der Waals surface area (Å²) in [4.78, 5) is 19.2. The summed E-state index contributed by atoms with van der Waals surface area (Å²) in [6, 6.07) is 15.6. The number of aromatic amines is 1. The van der Waals surface area contributed by atoms with Gasteiger partial charge in [0, 0.05) is 21.9 Å². The number of rotatable bonds is 2. The quantitative estimate of drug-likeness (QED) is 0.593. The summed E-state index contributed by atoms with van der Waals surface area (Å²) < 4.78 is 14.2. The van der Waals surface area contributed by atoms with Crippen molar-refractivity contribution in [1.82, 2.24) is 9.97 Å². The summed E-state index contributed by atoms with van der Waals surface area (Å²) in [5.41, 5.74) is 7.79. The number of benzene rings is 2. The third kappa shape index (κ3) is 2.05. The number of carbonyl (C=O) groups excluding carboxylic acids is 1. The SMILES string of the molecule is NC(=O)c1cc2c([nH]c3ccccc32)c(-c2ccccc2F)n1. The van der Waals surface area contributed by atoms with Crippen molar-refractivity contribution in [2.45, 2.75) is 0 Å². The summed E-state index contributed by atoms with van der Waals surface area (Å²) in [5.74, 6) is -1.05. The van der Waals surface area contributed by atoms with Crippen LogP contribution in [0.1, 0.15) is 10.5 Å². The Bertz CT molecular complexity index is 1070. The summed E-state index contributed by atoms with van der Waals surface area (Å²) in [5, 5.41) is 1.73. The predicted octanol–water partition coefficient (Wildman–Crippen LogP) is 3.62. The van der Waals surface area contributed by atoms with Crippen LogP contribution in [-0.4, -0.2) is 15.9 Å². The van der Waals surface area contributed by atoms with Crippen molar-refractivity contribution in [2.24, 2.45) is 5.73 Å². The molecule has 0 fully saturated rings. The Labute approximate surface area is 130 Å². The number of primary amides is 1. The van der Waals surface area contributed by atoms with E-state index >= 15 is 0 Å². The maximum Gasteiger partial charge on any atom is 0.267 e. The van der Waals surface area contributed by atoms with Crippen LogP contribution in [0.5, 0.6) is 0 Å². The third-order valence-electron chi connectivity index (χ3n) is 3.88. The van der Waals surface area contributed by atoms with Crippen LogP contribution in [-0.2, 0) is 0 Å². The van der Waals surface area contributed by atoms with Gasteiger partial charge >= 0.3 is 0 Å². The summed E-state index contributed by atoms with van der Waals surface area (Å²) in [6.45, 7) is 0. The highest BCUT2D eigenvalue weighted by molar-refractivity contribution is 6.13. The number of hydrogen-bond acceptors (Lipinski definition) is 2. The Hall–Kier alpha value is -3.21. The van der Waals surface area contributed by atoms with Crippen LogP contribution in [0.2, 0.25) is 0 Å². The molecule has 3 N–H and O–H groups in total. The van der Waals surface area contributed by atoms with Crippen molar-refractivity contribution in [3.8, 4) is 11.3 Å². The molecule has 0 saturated heterocycles. The number of amides is 1. The number of para-hydroxylation sites is 1. The van der Waals surface area contributed by atoms with Crippen LogP contribution in [0.4, 0.5) is 4.39 Å². The van der Waals surface area contributed by atoms with Gasteiger partial charge in [-0.2, -0.15) is 0 Å². The fourth-order valence-corrected chi connectivity index (χ4v) is 2.82. The molecule has 0 spiro atoms. The van der Waals surface area contributed by atoms with Gasteiger partial charge in [0.1, 0.15) is 11.5 Å². The number of pyridine rings is 1. The highest BCUT2D eigenvalue weighted by atomic mass is 19.1. The first kappa shape index (κ1) is 13.5. The van der Waals surface area contributed by atoms with Crippen LogP contribution >= 0.6 is 0 Å². The Kier molecular flexibility index (Phi) is 2.87. The zero-order valence-electron chi connectivity index (χ0n) is 12.0. The van der Waals surface area contributed by atoms with Gasteiger partial charge < -0.3 is 10.7 Å². The molecule has 0 bridgehead atoms. The van der Waals surface area contributed by atoms with Crippen molar-refractivity contribution >= 4 is 27.7 Å². The van der Waals surface area contributed by atoms with E-state index in [1.54, 1.807) is 24.3 Å². The van der Waals surface area contributed by atoms with Gasteiger partial charge in [-0.25, -0.2) is 9.37 Å². The molecule has 23 heavy (non-hydrogen) atoms. The second kappa shape index (κ2) is 4.91. The van der Waals surface area contributed by atoms with Gasteiger partial charge in [-0.1, -0.05) is 30.3 Å². The fraction of sp³-hybridized carbons (Fsp3) is 0. The Balaban J connectivity index is 2.17. The zero-order valence-corrected chi connectivity index (χ0v) is 12.0. The van der Waals surface area contributed by atoms with E-state index in [1.165, 1.54) is 6.07 Å². The molecule has 4 nitrogen and oxygen atoms in total. The Morgan fingerprint density at radius 3 is 2.57 bits per heavy atom. The number of aromatic nitrogens is 2. The third-order valence-corrected chi connectivity index (χ3v) is 3.88. The topological polar surface area (TPSA) is 71.8 Å². The molecule has 0 aliphatic carbocycles. The summed E-state index contributed by atoms with van der Waals surface area (Å²) in [7, 11) is 0. The van der Waals surface area contributed by atoms with E-state index in [1.807, 2.05) is 24.3 Å². The number of fused-ring (bicyclic) bond motifs is 3. The smallest absolute Gasteiger partial charge is 0.267 e. The average molecular weight is 305 g/mol. The molecule has 2 aromatic carbocycles. The monoisotopic (exact) mass is 305 g/mol. The van der Waals surface area contributed by atoms with Crippen molar-refractivity contribution in [1.29, 1.82) is 0 Å². The van der Waals surface area contributed by atoms with Crippen molar-refractivity contribution in [2.75, 3.05) is 0 Å². The van der Waals surface area contributed by atoms with Crippen molar-refractivity contribution < 1.29 is 9.18 Å². The van der Waals surface area contributed by atoms with Gasteiger partial charge in [-0.05, 0) is 24.3 Å². The second-order valence-corrected chi connectivity index (χ2v) is 5.29. The number of H-pyrrole nitrogens is 1. The minimum absolute atomic E-state index is 0.112. The fourth-order valence-electron chi connectivity index (χ4n) is 2.82. The van der Waals surface area contributed by atoms with Crippen LogP contribution < -0.4 is 5.73 Å². The van der Waals surface area contributed by atoms with Crippen molar-refractivity contribution in [3.63, 3.8) is 0 Å². The van der Waals surface area contributed by atoms with Gasteiger partial charge in [0.25, 0.3) is 5.91 Å². The van der Waals surface area contributed by atoms with E-state index < -0.39 is 11.7 Å². The molecular formula is C18H12FN3O. The number of nitrogens with zero attached hydrogens (tertiary/aromatic N) is 1. The second-order valence-electron chi connectivity index (χ2n) is 5.29. The van der Waals surface area contributed by atoms with Crippen LogP contribution in [0.25, 0.3) is 33.1 Å². The summed E-state index contributed by atoms with van der Waals surface area (Å²) in [6.07, 6.45) is 0. The lowest BCUT2D eigenvalue weighted by atomic mass is 10.1. The number of nitrogens with one attached hydrogen (secondary N) is 1. The van der Waals surface area contributed by atoms with Crippen molar-refractivity contribution in [3.05, 3.63) is 66.1 Å². The number of halogens is 1. The Morgan fingerprint density at radius 1 is 1.04 bits per heavy atom. The Morgan fingerprint density at radius 2 is 1.78 bits per heavy atom. The first-order chi connectivity index (χ1) is 11.1. The number of hydrogen-bond donors (Lipinski definition) is 2. The minimum Gasteiger partial charge on any atom is -0.364 e. The van der Waals surface area contributed by atoms with E-state index in [2.05, 4.69) is 9.97 Å². The van der Waals surface area contributed by atoms with E-state index in [9.17, 15) is 9.18 Å². The first-order valence-electron chi connectivity index (χ1n) is 7.11. The maximum atomic E-state index is 14.2. The van der Waals surface area contributed by atoms with E-state index in [0.717, 1.165) is 16.3 Å². The summed E-state index contributed by atoms with van der Waals surface area (Å²) >= 11 is 0. The van der Waals surface area contributed by atoms with Gasteiger partial charge in [0.15, 0.2) is 0 Å². The molecule has 1 amide bonds. The molecule has 112 valence electrons. The number of carbonyl (C=O) groups is 1.